The zero-order valence-electron chi connectivity index (χ0n) is 9.82. The molecule has 0 spiro atoms. The Balaban J connectivity index is 2.49. The first-order chi connectivity index (χ1) is 8.19. The first-order valence-corrected chi connectivity index (χ1v) is 5.60. The summed E-state index contributed by atoms with van der Waals surface area (Å²) in [6, 6.07) is 3.43. The van der Waals surface area contributed by atoms with Gasteiger partial charge in [-0.15, -0.1) is 0 Å². The monoisotopic (exact) mass is 237 g/mol. The lowest BCUT2D eigenvalue weighted by Crippen LogP contribution is -2.11. The van der Waals surface area contributed by atoms with Crippen molar-refractivity contribution in [3.63, 3.8) is 0 Å². The number of carbonyl (C=O) groups excluding carboxylic acids is 1. The van der Waals surface area contributed by atoms with Gasteiger partial charge in [0, 0.05) is 0 Å². The second kappa shape index (κ2) is 4.63. The summed E-state index contributed by atoms with van der Waals surface area (Å²) >= 11 is 0. The third kappa shape index (κ3) is 1.93. The fraction of sp³-hybridized carbons (Fsp3) is 0.417. The summed E-state index contributed by atoms with van der Waals surface area (Å²) in [5, 5.41) is 12.4. The topological polar surface area (TPSA) is 67.8 Å². The van der Waals surface area contributed by atoms with E-state index in [0.717, 1.165) is 0 Å². The van der Waals surface area contributed by atoms with Crippen LogP contribution in [-0.4, -0.2) is 24.2 Å². The van der Waals surface area contributed by atoms with Crippen molar-refractivity contribution in [2.75, 3.05) is 18.5 Å². The number of aliphatic hydroxyl groups is 1. The highest BCUT2D eigenvalue weighted by atomic mass is 16.5. The van der Waals surface area contributed by atoms with Crippen molar-refractivity contribution in [3.05, 3.63) is 17.7 Å². The highest BCUT2D eigenvalue weighted by molar-refractivity contribution is 6.04. The zero-order valence-corrected chi connectivity index (χ0v) is 9.82. The van der Waals surface area contributed by atoms with E-state index in [0.29, 0.717) is 36.0 Å². The van der Waals surface area contributed by atoms with Gasteiger partial charge in [0.2, 0.25) is 0 Å². The second-order valence-corrected chi connectivity index (χ2v) is 3.61. The highest BCUT2D eigenvalue weighted by Gasteiger charge is 2.34. The van der Waals surface area contributed by atoms with Crippen LogP contribution in [0.2, 0.25) is 0 Å². The molecule has 1 atom stereocenters. The molecule has 1 unspecified atom stereocenters. The van der Waals surface area contributed by atoms with E-state index in [4.69, 9.17) is 9.47 Å². The van der Waals surface area contributed by atoms with Gasteiger partial charge in [-0.25, -0.2) is 0 Å². The van der Waals surface area contributed by atoms with Gasteiger partial charge in [0.1, 0.15) is 11.5 Å². The molecule has 0 fully saturated rings. The molecule has 1 heterocycles. The SMILES string of the molecule is CCOc1ccc(OCC)c2c1NC(=O)C2O. The van der Waals surface area contributed by atoms with Crippen LogP contribution in [0.4, 0.5) is 5.69 Å². The number of nitrogens with one attached hydrogen (secondary N) is 1. The average molecular weight is 237 g/mol. The van der Waals surface area contributed by atoms with Gasteiger partial charge in [0.25, 0.3) is 5.91 Å². The number of amides is 1. The number of hydrogen-bond acceptors (Lipinski definition) is 4. The molecule has 5 heteroatoms. The van der Waals surface area contributed by atoms with Crippen LogP contribution < -0.4 is 14.8 Å². The summed E-state index contributed by atoms with van der Waals surface area (Å²) < 4.78 is 10.8. The molecular weight excluding hydrogens is 222 g/mol. The fourth-order valence-corrected chi connectivity index (χ4v) is 1.86. The summed E-state index contributed by atoms with van der Waals surface area (Å²) in [5.41, 5.74) is 0.970. The average Bonchev–Trinajstić information content (AvgIpc) is 2.60. The van der Waals surface area contributed by atoms with Crippen molar-refractivity contribution >= 4 is 11.6 Å². The first kappa shape index (κ1) is 11.7. The Labute approximate surface area is 99.3 Å². The molecule has 0 saturated heterocycles. The van der Waals surface area contributed by atoms with Gasteiger partial charge in [0.15, 0.2) is 6.10 Å². The van der Waals surface area contributed by atoms with E-state index < -0.39 is 12.0 Å². The van der Waals surface area contributed by atoms with Crippen LogP contribution >= 0.6 is 0 Å². The van der Waals surface area contributed by atoms with Crippen LogP contribution in [0.5, 0.6) is 11.5 Å². The molecular formula is C12H15NO4. The minimum atomic E-state index is -1.19. The number of rotatable bonds is 4. The number of aliphatic hydroxyl groups excluding tert-OH is 1. The molecule has 1 aliphatic rings. The number of fused-ring (bicyclic) bond motifs is 1. The lowest BCUT2D eigenvalue weighted by atomic mass is 10.1. The smallest absolute Gasteiger partial charge is 0.258 e. The van der Waals surface area contributed by atoms with E-state index in [2.05, 4.69) is 5.32 Å². The highest BCUT2D eigenvalue weighted by Crippen LogP contribution is 2.44. The van der Waals surface area contributed by atoms with Crippen molar-refractivity contribution < 1.29 is 19.4 Å². The van der Waals surface area contributed by atoms with Crippen molar-refractivity contribution in [2.45, 2.75) is 20.0 Å². The third-order valence-corrected chi connectivity index (χ3v) is 2.54. The minimum absolute atomic E-state index is 0.451. The Bertz CT molecular complexity index is 444. The maximum Gasteiger partial charge on any atom is 0.258 e. The summed E-state index contributed by atoms with van der Waals surface area (Å²) in [6.45, 7) is 4.67. The lowest BCUT2D eigenvalue weighted by Gasteiger charge is -2.13. The molecule has 2 rings (SSSR count). The minimum Gasteiger partial charge on any atom is -0.493 e. The number of hydrogen-bond donors (Lipinski definition) is 2. The van der Waals surface area contributed by atoms with Gasteiger partial charge in [-0.2, -0.15) is 0 Å². The molecule has 1 aromatic carbocycles. The molecule has 5 nitrogen and oxygen atoms in total. The summed E-state index contributed by atoms with van der Waals surface area (Å²) in [6.07, 6.45) is -1.19. The number of carbonyl (C=O) groups is 1. The predicted molar refractivity (Wildman–Crippen MR) is 62.4 cm³/mol. The van der Waals surface area contributed by atoms with E-state index in [1.807, 2.05) is 13.8 Å². The zero-order chi connectivity index (χ0) is 12.4. The standard InChI is InChI=1S/C12H15NO4/c1-3-16-7-5-6-8(17-4-2)10-9(7)11(14)12(15)13-10/h5-6,11,14H,3-4H2,1-2H3,(H,13,15). The van der Waals surface area contributed by atoms with Gasteiger partial charge in [-0.05, 0) is 26.0 Å². The van der Waals surface area contributed by atoms with Crippen LogP contribution in [0.15, 0.2) is 12.1 Å². The van der Waals surface area contributed by atoms with E-state index in [-0.39, 0.29) is 0 Å². The number of benzene rings is 1. The van der Waals surface area contributed by atoms with Gasteiger partial charge < -0.3 is 19.9 Å². The Morgan fingerprint density at radius 1 is 1.24 bits per heavy atom. The molecule has 0 bridgehead atoms. The second-order valence-electron chi connectivity index (χ2n) is 3.61. The van der Waals surface area contributed by atoms with Crippen LogP contribution in [0.1, 0.15) is 25.5 Å². The molecule has 1 aromatic rings. The normalized spacial score (nSPS) is 17.6. The van der Waals surface area contributed by atoms with Gasteiger partial charge in [-0.3, -0.25) is 4.79 Å². The predicted octanol–water partition coefficient (Wildman–Crippen LogP) is 1.47. The Kier molecular flexibility index (Phi) is 3.19. The van der Waals surface area contributed by atoms with Crippen molar-refractivity contribution in [3.8, 4) is 11.5 Å². The third-order valence-electron chi connectivity index (χ3n) is 2.54. The summed E-state index contributed by atoms with van der Waals surface area (Å²) in [7, 11) is 0. The first-order valence-electron chi connectivity index (χ1n) is 5.60. The van der Waals surface area contributed by atoms with Gasteiger partial charge >= 0.3 is 0 Å². The van der Waals surface area contributed by atoms with E-state index in [1.165, 1.54) is 0 Å². The fourth-order valence-electron chi connectivity index (χ4n) is 1.86. The maximum atomic E-state index is 11.5. The summed E-state index contributed by atoms with van der Waals surface area (Å²) in [5.74, 6) is 0.612. The van der Waals surface area contributed by atoms with Gasteiger partial charge in [-0.1, -0.05) is 0 Å². The largest absolute Gasteiger partial charge is 0.493 e. The summed E-state index contributed by atoms with van der Waals surface area (Å²) in [4.78, 5) is 11.5. The molecule has 0 saturated carbocycles. The maximum absolute atomic E-state index is 11.5. The Morgan fingerprint density at radius 3 is 2.47 bits per heavy atom. The van der Waals surface area contributed by atoms with Crippen LogP contribution in [0.3, 0.4) is 0 Å². The quantitative estimate of drug-likeness (QED) is 0.832. The Morgan fingerprint density at radius 2 is 1.82 bits per heavy atom. The molecule has 0 radical (unpaired) electrons. The van der Waals surface area contributed by atoms with Crippen LogP contribution in [0.25, 0.3) is 0 Å². The number of ether oxygens (including phenoxy) is 2. The molecule has 0 aliphatic carbocycles. The Hall–Kier alpha value is -1.75. The molecule has 92 valence electrons. The van der Waals surface area contributed by atoms with Crippen molar-refractivity contribution in [1.82, 2.24) is 0 Å². The van der Waals surface area contributed by atoms with Crippen LogP contribution in [0, 0.1) is 0 Å². The molecule has 0 aromatic heterocycles. The lowest BCUT2D eigenvalue weighted by molar-refractivity contribution is -0.123. The van der Waals surface area contributed by atoms with Crippen molar-refractivity contribution in [1.29, 1.82) is 0 Å². The molecule has 1 amide bonds. The van der Waals surface area contributed by atoms with Crippen LogP contribution in [-0.2, 0) is 4.79 Å². The molecule has 1 aliphatic heterocycles. The van der Waals surface area contributed by atoms with Crippen molar-refractivity contribution in [2.24, 2.45) is 0 Å². The molecule has 2 N–H and O–H groups in total. The van der Waals surface area contributed by atoms with E-state index in [1.54, 1.807) is 12.1 Å². The number of anilines is 1. The van der Waals surface area contributed by atoms with E-state index >= 15 is 0 Å². The molecule has 17 heavy (non-hydrogen) atoms. The van der Waals surface area contributed by atoms with E-state index in [9.17, 15) is 9.90 Å². The van der Waals surface area contributed by atoms with Gasteiger partial charge in [0.05, 0.1) is 24.5 Å².